The van der Waals surface area contributed by atoms with E-state index in [-0.39, 0.29) is 18.2 Å². The molecule has 1 unspecified atom stereocenters. The van der Waals surface area contributed by atoms with Crippen molar-refractivity contribution < 1.29 is 23.4 Å². The maximum atomic E-state index is 13.8. The van der Waals surface area contributed by atoms with Gasteiger partial charge in [0.15, 0.2) is 11.6 Å². The number of carbonyl (C=O) groups is 1. The van der Waals surface area contributed by atoms with E-state index in [0.717, 1.165) is 12.1 Å². The summed E-state index contributed by atoms with van der Waals surface area (Å²) in [4.78, 5) is 11.7. The Morgan fingerprint density at radius 1 is 1.42 bits per heavy atom. The summed E-state index contributed by atoms with van der Waals surface area (Å²) in [6, 6.07) is 2.06. The molecule has 106 valence electrons. The van der Waals surface area contributed by atoms with Crippen molar-refractivity contribution in [3.63, 3.8) is 0 Å². The number of nitrogens with one attached hydrogen (secondary N) is 1. The van der Waals surface area contributed by atoms with Crippen molar-refractivity contribution in [1.29, 1.82) is 0 Å². The van der Waals surface area contributed by atoms with Gasteiger partial charge in [0.1, 0.15) is 11.4 Å². The topological polar surface area (TPSA) is 58.6 Å². The van der Waals surface area contributed by atoms with Crippen molar-refractivity contribution in [3.05, 3.63) is 29.3 Å². The van der Waals surface area contributed by atoms with Crippen LogP contribution in [0, 0.1) is 17.6 Å². The first kappa shape index (κ1) is 15.4. The molecule has 0 bridgehead atoms. The second-order valence-electron chi connectivity index (χ2n) is 4.46. The lowest BCUT2D eigenvalue weighted by Crippen LogP contribution is -2.35. The Balaban J connectivity index is 2.88. The van der Waals surface area contributed by atoms with Crippen molar-refractivity contribution in [2.45, 2.75) is 20.0 Å². The number of hydrogen-bond donors (Lipinski definition) is 2. The van der Waals surface area contributed by atoms with Crippen LogP contribution in [0.4, 0.5) is 8.78 Å². The molecule has 4 nitrogen and oxygen atoms in total. The summed E-state index contributed by atoms with van der Waals surface area (Å²) in [5.74, 6) is -3.24. The fraction of sp³-hybridized carbons (Fsp3) is 0.462. The number of aliphatic hydroxyl groups excluding tert-OH is 1. The summed E-state index contributed by atoms with van der Waals surface area (Å²) >= 11 is 0. The molecule has 0 radical (unpaired) electrons. The van der Waals surface area contributed by atoms with E-state index in [1.165, 1.54) is 7.11 Å². The first-order chi connectivity index (χ1) is 8.88. The van der Waals surface area contributed by atoms with E-state index < -0.39 is 29.2 Å². The normalized spacial score (nSPS) is 12.4. The predicted octanol–water partition coefficient (Wildman–Crippen LogP) is 1.72. The molecule has 19 heavy (non-hydrogen) atoms. The van der Waals surface area contributed by atoms with E-state index in [4.69, 9.17) is 0 Å². The van der Waals surface area contributed by atoms with Crippen LogP contribution in [0.15, 0.2) is 12.1 Å². The minimum Gasteiger partial charge on any atom is -0.494 e. The number of rotatable bonds is 5. The fourth-order valence-corrected chi connectivity index (χ4v) is 1.42. The van der Waals surface area contributed by atoms with Crippen molar-refractivity contribution in [1.82, 2.24) is 5.32 Å². The number of hydrogen-bond acceptors (Lipinski definition) is 3. The van der Waals surface area contributed by atoms with Crippen LogP contribution in [0.2, 0.25) is 0 Å². The van der Waals surface area contributed by atoms with Gasteiger partial charge in [-0.25, -0.2) is 8.78 Å². The van der Waals surface area contributed by atoms with Gasteiger partial charge in [-0.05, 0) is 18.1 Å². The van der Waals surface area contributed by atoms with Gasteiger partial charge in [-0.15, -0.1) is 0 Å². The zero-order valence-electron chi connectivity index (χ0n) is 11.0. The fourth-order valence-electron chi connectivity index (χ4n) is 1.42. The second kappa shape index (κ2) is 6.47. The Morgan fingerprint density at radius 3 is 2.58 bits per heavy atom. The van der Waals surface area contributed by atoms with Crippen molar-refractivity contribution in [2.24, 2.45) is 5.92 Å². The summed E-state index contributed by atoms with van der Waals surface area (Å²) in [5.41, 5.74) is -0.713. The molecule has 0 spiro atoms. The van der Waals surface area contributed by atoms with Gasteiger partial charge in [-0.1, -0.05) is 13.8 Å². The quantitative estimate of drug-likeness (QED) is 0.858. The number of amides is 1. The maximum absolute atomic E-state index is 13.8. The Hall–Kier alpha value is -1.69. The van der Waals surface area contributed by atoms with Crippen LogP contribution < -0.4 is 10.1 Å². The minimum absolute atomic E-state index is 0.0692. The van der Waals surface area contributed by atoms with Crippen molar-refractivity contribution in [2.75, 3.05) is 13.7 Å². The van der Waals surface area contributed by atoms with Gasteiger partial charge in [-0.3, -0.25) is 4.79 Å². The number of ether oxygens (including phenoxy) is 1. The van der Waals surface area contributed by atoms with E-state index in [2.05, 4.69) is 10.1 Å². The number of carbonyl (C=O) groups excluding carboxylic acids is 1. The lowest BCUT2D eigenvalue weighted by atomic mass is 10.1. The summed E-state index contributed by atoms with van der Waals surface area (Å²) in [6.07, 6.45) is -0.777. The SMILES string of the molecule is COc1ccc(F)c(C(=O)NCC(O)C(C)C)c1F. The van der Waals surface area contributed by atoms with Gasteiger partial charge in [0, 0.05) is 6.54 Å². The molecule has 0 aliphatic heterocycles. The van der Waals surface area contributed by atoms with Crippen LogP contribution in [0.5, 0.6) is 5.75 Å². The number of methoxy groups -OCH3 is 1. The molecule has 1 aromatic carbocycles. The van der Waals surface area contributed by atoms with Gasteiger partial charge in [0.25, 0.3) is 5.91 Å². The average molecular weight is 273 g/mol. The highest BCUT2D eigenvalue weighted by atomic mass is 19.1. The van der Waals surface area contributed by atoms with Crippen LogP contribution in [0.25, 0.3) is 0 Å². The highest BCUT2D eigenvalue weighted by molar-refractivity contribution is 5.95. The Morgan fingerprint density at radius 2 is 2.05 bits per heavy atom. The van der Waals surface area contributed by atoms with E-state index in [0.29, 0.717) is 0 Å². The lowest BCUT2D eigenvalue weighted by Gasteiger charge is -2.15. The summed E-state index contributed by atoms with van der Waals surface area (Å²) in [7, 11) is 1.22. The molecule has 0 aliphatic carbocycles. The van der Waals surface area contributed by atoms with Crippen molar-refractivity contribution in [3.8, 4) is 5.75 Å². The molecule has 0 saturated carbocycles. The summed E-state index contributed by atoms with van der Waals surface area (Å²) in [6.45, 7) is 3.46. The molecule has 1 amide bonds. The summed E-state index contributed by atoms with van der Waals surface area (Å²) < 4.78 is 31.9. The molecule has 1 rings (SSSR count). The molecule has 1 atom stereocenters. The Kier molecular flexibility index (Phi) is 5.23. The predicted molar refractivity (Wildman–Crippen MR) is 66.1 cm³/mol. The van der Waals surface area contributed by atoms with Crippen LogP contribution in [-0.4, -0.2) is 30.8 Å². The summed E-state index contributed by atoms with van der Waals surface area (Å²) in [5, 5.41) is 11.8. The van der Waals surface area contributed by atoms with E-state index in [9.17, 15) is 18.7 Å². The third kappa shape index (κ3) is 3.64. The third-order valence-electron chi connectivity index (χ3n) is 2.74. The van der Waals surface area contributed by atoms with E-state index in [1.54, 1.807) is 13.8 Å². The van der Waals surface area contributed by atoms with Gasteiger partial charge in [-0.2, -0.15) is 0 Å². The van der Waals surface area contributed by atoms with E-state index >= 15 is 0 Å². The molecule has 0 saturated heterocycles. The molecule has 0 aliphatic rings. The standard InChI is InChI=1S/C13H17F2NO3/c1-7(2)9(17)6-16-13(18)11-8(14)4-5-10(19-3)12(11)15/h4-5,7,9,17H,6H2,1-3H3,(H,16,18). The van der Waals surface area contributed by atoms with E-state index in [1.807, 2.05) is 0 Å². The average Bonchev–Trinajstić information content (AvgIpc) is 2.36. The van der Waals surface area contributed by atoms with Crippen LogP contribution in [0.1, 0.15) is 24.2 Å². The first-order valence-electron chi connectivity index (χ1n) is 5.86. The molecule has 1 aromatic rings. The molecular formula is C13H17F2NO3. The first-order valence-corrected chi connectivity index (χ1v) is 5.86. The number of benzene rings is 1. The van der Waals surface area contributed by atoms with Gasteiger partial charge >= 0.3 is 0 Å². The molecular weight excluding hydrogens is 256 g/mol. The number of aliphatic hydroxyl groups is 1. The Bertz CT molecular complexity index is 463. The minimum atomic E-state index is -1.06. The third-order valence-corrected chi connectivity index (χ3v) is 2.74. The molecule has 6 heteroatoms. The van der Waals surface area contributed by atoms with Crippen molar-refractivity contribution >= 4 is 5.91 Å². The van der Waals surface area contributed by atoms with Gasteiger partial charge in [0.2, 0.25) is 0 Å². The molecule has 0 aromatic heterocycles. The van der Waals surface area contributed by atoms with Gasteiger partial charge < -0.3 is 15.2 Å². The smallest absolute Gasteiger partial charge is 0.257 e. The largest absolute Gasteiger partial charge is 0.494 e. The van der Waals surface area contributed by atoms with Crippen LogP contribution in [-0.2, 0) is 0 Å². The van der Waals surface area contributed by atoms with Gasteiger partial charge in [0.05, 0.1) is 13.2 Å². The lowest BCUT2D eigenvalue weighted by molar-refractivity contribution is 0.0863. The highest BCUT2D eigenvalue weighted by Crippen LogP contribution is 2.22. The monoisotopic (exact) mass is 273 g/mol. The number of halogens is 2. The highest BCUT2D eigenvalue weighted by Gasteiger charge is 2.21. The maximum Gasteiger partial charge on any atom is 0.257 e. The zero-order valence-corrected chi connectivity index (χ0v) is 11.0. The zero-order chi connectivity index (χ0) is 14.6. The van der Waals surface area contributed by atoms with Crippen LogP contribution >= 0.6 is 0 Å². The Labute approximate surface area is 110 Å². The molecule has 0 heterocycles. The molecule has 0 fully saturated rings. The second-order valence-corrected chi connectivity index (χ2v) is 4.46. The molecule has 2 N–H and O–H groups in total. The van der Waals surface area contributed by atoms with Crippen LogP contribution in [0.3, 0.4) is 0 Å².